The molecule has 1 rings (SSSR count). The Kier molecular flexibility index (Phi) is 4.82. The number of rotatable bonds is 4. The summed E-state index contributed by atoms with van der Waals surface area (Å²) in [6, 6.07) is 8.56. The van der Waals surface area contributed by atoms with Crippen molar-refractivity contribution in [1.29, 1.82) is 0 Å². The average Bonchev–Trinajstić information content (AvgIpc) is 2.16. The molecule has 1 atom stereocenters. The minimum atomic E-state index is 0.299. The molecule has 0 aliphatic heterocycles. The zero-order chi connectivity index (χ0) is 12.2. The first kappa shape index (κ1) is 13.5. The van der Waals surface area contributed by atoms with Crippen molar-refractivity contribution in [1.82, 2.24) is 5.32 Å². The van der Waals surface area contributed by atoms with Crippen LogP contribution in [-0.2, 0) is 6.54 Å². The molecule has 0 aromatic heterocycles. The van der Waals surface area contributed by atoms with Gasteiger partial charge in [-0.2, -0.15) is 0 Å². The van der Waals surface area contributed by atoms with Crippen LogP contribution in [0.4, 0.5) is 0 Å². The van der Waals surface area contributed by atoms with Crippen LogP contribution >= 0.6 is 11.6 Å². The summed E-state index contributed by atoms with van der Waals surface area (Å²) in [4.78, 5) is 0. The Labute approximate surface area is 104 Å². The molecule has 1 aromatic rings. The van der Waals surface area contributed by atoms with Gasteiger partial charge in [-0.1, -0.05) is 51.4 Å². The highest BCUT2D eigenvalue weighted by Crippen LogP contribution is 2.22. The Bertz CT molecular complexity index is 328. The third-order valence-electron chi connectivity index (χ3n) is 2.90. The van der Waals surface area contributed by atoms with E-state index in [1.165, 1.54) is 5.56 Å². The second-order valence-electron chi connectivity index (χ2n) is 5.34. The molecule has 16 heavy (non-hydrogen) atoms. The van der Waals surface area contributed by atoms with E-state index < -0.39 is 0 Å². The number of halogens is 1. The van der Waals surface area contributed by atoms with Gasteiger partial charge < -0.3 is 5.32 Å². The fraction of sp³-hybridized carbons (Fsp3) is 0.571. The van der Waals surface area contributed by atoms with Crippen molar-refractivity contribution in [3.63, 3.8) is 0 Å². The zero-order valence-corrected chi connectivity index (χ0v) is 11.4. The van der Waals surface area contributed by atoms with Crippen LogP contribution in [0, 0.1) is 5.41 Å². The Morgan fingerprint density at radius 1 is 1.31 bits per heavy atom. The van der Waals surface area contributed by atoms with E-state index in [0.29, 0.717) is 11.5 Å². The molecule has 0 amide bonds. The summed E-state index contributed by atoms with van der Waals surface area (Å²) < 4.78 is 0. The van der Waals surface area contributed by atoms with Crippen LogP contribution in [0.2, 0.25) is 5.02 Å². The highest BCUT2D eigenvalue weighted by atomic mass is 35.5. The minimum absolute atomic E-state index is 0.299. The predicted octanol–water partition coefficient (Wildman–Crippen LogP) is 4.25. The molecule has 0 saturated heterocycles. The molecule has 0 aliphatic carbocycles. The molecule has 1 aromatic carbocycles. The van der Waals surface area contributed by atoms with E-state index >= 15 is 0 Å². The van der Waals surface area contributed by atoms with E-state index in [1.807, 2.05) is 18.2 Å². The molecule has 0 unspecified atom stereocenters. The van der Waals surface area contributed by atoms with Crippen LogP contribution in [0.5, 0.6) is 0 Å². The number of hydrogen-bond donors (Lipinski definition) is 1. The van der Waals surface area contributed by atoms with Crippen molar-refractivity contribution in [3.05, 3.63) is 34.9 Å². The van der Waals surface area contributed by atoms with Gasteiger partial charge in [0.2, 0.25) is 0 Å². The summed E-state index contributed by atoms with van der Waals surface area (Å²) >= 11 is 5.96. The molecule has 2 heteroatoms. The molecule has 0 spiro atoms. The third-order valence-corrected chi connectivity index (χ3v) is 3.13. The normalized spacial score (nSPS) is 13.8. The summed E-state index contributed by atoms with van der Waals surface area (Å²) in [5.41, 5.74) is 1.54. The molecule has 0 heterocycles. The monoisotopic (exact) mass is 239 g/mol. The molecule has 0 saturated carbocycles. The number of nitrogens with one attached hydrogen (secondary N) is 1. The highest BCUT2D eigenvalue weighted by Gasteiger charge is 2.21. The summed E-state index contributed by atoms with van der Waals surface area (Å²) in [6.07, 6.45) is 1.14. The Hall–Kier alpha value is -0.530. The highest BCUT2D eigenvalue weighted by molar-refractivity contribution is 6.30. The first-order chi connectivity index (χ1) is 7.43. The van der Waals surface area contributed by atoms with Gasteiger partial charge in [0.15, 0.2) is 0 Å². The smallest absolute Gasteiger partial charge is 0.0409 e. The van der Waals surface area contributed by atoms with Crippen molar-refractivity contribution < 1.29 is 0 Å². The molecule has 0 radical (unpaired) electrons. The standard InChI is InChI=1S/C14H22ClN/c1-5-13(14(2,3)4)16-10-11-7-6-8-12(15)9-11/h6-9,13,16H,5,10H2,1-4H3/t13-/m0/s1. The van der Waals surface area contributed by atoms with Gasteiger partial charge in [0.1, 0.15) is 0 Å². The third kappa shape index (κ3) is 4.15. The zero-order valence-electron chi connectivity index (χ0n) is 10.7. The molecule has 1 nitrogen and oxygen atoms in total. The molecule has 1 N–H and O–H groups in total. The van der Waals surface area contributed by atoms with Gasteiger partial charge in [0.05, 0.1) is 0 Å². The van der Waals surface area contributed by atoms with Crippen LogP contribution < -0.4 is 5.32 Å². The van der Waals surface area contributed by atoms with Crippen molar-refractivity contribution in [2.24, 2.45) is 5.41 Å². The van der Waals surface area contributed by atoms with Crippen LogP contribution in [0.1, 0.15) is 39.7 Å². The van der Waals surface area contributed by atoms with E-state index in [9.17, 15) is 0 Å². The SMILES string of the molecule is CC[C@H](NCc1cccc(Cl)c1)C(C)(C)C. The topological polar surface area (TPSA) is 12.0 Å². The predicted molar refractivity (Wildman–Crippen MR) is 71.8 cm³/mol. The van der Waals surface area contributed by atoms with Gasteiger partial charge in [-0.05, 0) is 29.5 Å². The molecule has 90 valence electrons. The number of benzene rings is 1. The largest absolute Gasteiger partial charge is 0.309 e. The second kappa shape index (κ2) is 5.70. The van der Waals surface area contributed by atoms with Crippen LogP contribution in [-0.4, -0.2) is 6.04 Å². The lowest BCUT2D eigenvalue weighted by Gasteiger charge is -2.30. The number of hydrogen-bond acceptors (Lipinski definition) is 1. The van der Waals surface area contributed by atoms with Gasteiger partial charge >= 0.3 is 0 Å². The van der Waals surface area contributed by atoms with Gasteiger partial charge in [0, 0.05) is 17.6 Å². The van der Waals surface area contributed by atoms with E-state index in [-0.39, 0.29) is 0 Å². The van der Waals surface area contributed by atoms with Crippen molar-refractivity contribution >= 4 is 11.6 Å². The summed E-state index contributed by atoms with van der Waals surface area (Å²) in [6.45, 7) is 9.92. The lowest BCUT2D eigenvalue weighted by atomic mass is 9.85. The summed E-state index contributed by atoms with van der Waals surface area (Å²) in [5, 5.41) is 4.40. The Morgan fingerprint density at radius 2 is 2.00 bits per heavy atom. The van der Waals surface area contributed by atoms with Crippen molar-refractivity contribution in [2.45, 2.75) is 46.7 Å². The minimum Gasteiger partial charge on any atom is -0.309 e. The maximum Gasteiger partial charge on any atom is 0.0409 e. The van der Waals surface area contributed by atoms with E-state index in [2.05, 4.69) is 39.1 Å². The van der Waals surface area contributed by atoms with Crippen LogP contribution in [0.15, 0.2) is 24.3 Å². The maximum absolute atomic E-state index is 5.96. The lowest BCUT2D eigenvalue weighted by molar-refractivity contribution is 0.259. The van der Waals surface area contributed by atoms with Crippen molar-refractivity contribution in [3.8, 4) is 0 Å². The molecule has 0 bridgehead atoms. The fourth-order valence-electron chi connectivity index (χ4n) is 1.95. The van der Waals surface area contributed by atoms with E-state index in [0.717, 1.165) is 18.0 Å². The Morgan fingerprint density at radius 3 is 2.50 bits per heavy atom. The van der Waals surface area contributed by atoms with Crippen molar-refractivity contribution in [2.75, 3.05) is 0 Å². The summed E-state index contributed by atoms with van der Waals surface area (Å²) in [5.74, 6) is 0. The van der Waals surface area contributed by atoms with Gasteiger partial charge in [0.25, 0.3) is 0 Å². The summed E-state index contributed by atoms with van der Waals surface area (Å²) in [7, 11) is 0. The van der Waals surface area contributed by atoms with Crippen LogP contribution in [0.25, 0.3) is 0 Å². The van der Waals surface area contributed by atoms with E-state index in [1.54, 1.807) is 0 Å². The van der Waals surface area contributed by atoms with E-state index in [4.69, 9.17) is 11.6 Å². The van der Waals surface area contributed by atoms with Crippen LogP contribution in [0.3, 0.4) is 0 Å². The molecular weight excluding hydrogens is 218 g/mol. The molecule has 0 fully saturated rings. The van der Waals surface area contributed by atoms with Gasteiger partial charge in [-0.3, -0.25) is 0 Å². The Balaban J connectivity index is 2.56. The quantitative estimate of drug-likeness (QED) is 0.828. The maximum atomic E-state index is 5.96. The first-order valence-electron chi connectivity index (χ1n) is 5.91. The van der Waals surface area contributed by atoms with Gasteiger partial charge in [-0.25, -0.2) is 0 Å². The molecule has 0 aliphatic rings. The fourth-order valence-corrected chi connectivity index (χ4v) is 2.16. The average molecular weight is 240 g/mol. The van der Waals surface area contributed by atoms with Gasteiger partial charge in [-0.15, -0.1) is 0 Å². The lowest BCUT2D eigenvalue weighted by Crippen LogP contribution is -2.39. The molecular formula is C14H22ClN. The first-order valence-corrected chi connectivity index (χ1v) is 6.29. The second-order valence-corrected chi connectivity index (χ2v) is 5.77.